The first kappa shape index (κ1) is 19.7. The van der Waals surface area contributed by atoms with Crippen LogP contribution in [0.4, 0.5) is 13.2 Å². The fraction of sp³-hybridized carbons (Fsp3) is 0.389. The number of alkyl halides is 3. The highest BCUT2D eigenvalue weighted by atomic mass is 19.4. The van der Waals surface area contributed by atoms with Crippen LogP contribution in [0.15, 0.2) is 24.3 Å². The lowest BCUT2D eigenvalue weighted by molar-refractivity contribution is -0.274. The summed E-state index contributed by atoms with van der Waals surface area (Å²) in [6, 6.07) is 4.85. The van der Waals surface area contributed by atoms with Crippen molar-refractivity contribution in [1.29, 1.82) is 0 Å². The van der Waals surface area contributed by atoms with Gasteiger partial charge in [0.05, 0.1) is 24.5 Å². The molecule has 0 bridgehead atoms. The van der Waals surface area contributed by atoms with E-state index in [1.807, 2.05) is 11.6 Å². The molecule has 7 nitrogen and oxygen atoms in total. The summed E-state index contributed by atoms with van der Waals surface area (Å²) in [7, 11) is 1.82. The molecule has 1 N–H and O–H groups in total. The van der Waals surface area contributed by atoms with Crippen LogP contribution in [0, 0.1) is 0 Å². The smallest absolute Gasteiger partial charge is 0.406 e. The van der Waals surface area contributed by atoms with Crippen LogP contribution in [-0.2, 0) is 31.4 Å². The van der Waals surface area contributed by atoms with Crippen molar-refractivity contribution in [2.45, 2.75) is 32.8 Å². The Balaban J connectivity index is 1.71. The van der Waals surface area contributed by atoms with E-state index in [-0.39, 0.29) is 23.1 Å². The molecule has 0 saturated carbocycles. The number of nitrogens with one attached hydrogen (secondary N) is 1. The van der Waals surface area contributed by atoms with Crippen LogP contribution in [0.25, 0.3) is 0 Å². The number of hydrogen-bond acceptors (Lipinski definition) is 4. The zero-order chi connectivity index (χ0) is 20.5. The van der Waals surface area contributed by atoms with Crippen molar-refractivity contribution in [2.24, 2.45) is 7.05 Å². The average Bonchev–Trinajstić information content (AvgIpc) is 2.94. The number of hydrogen-bond donors (Lipinski definition) is 1. The third-order valence-electron chi connectivity index (χ3n) is 4.47. The van der Waals surface area contributed by atoms with E-state index >= 15 is 0 Å². The van der Waals surface area contributed by atoms with Crippen molar-refractivity contribution in [3.63, 3.8) is 0 Å². The predicted molar refractivity (Wildman–Crippen MR) is 92.3 cm³/mol. The minimum absolute atomic E-state index is 0.157. The first-order chi connectivity index (χ1) is 13.1. The van der Waals surface area contributed by atoms with Gasteiger partial charge in [-0.1, -0.05) is 0 Å². The maximum atomic E-state index is 12.7. The fourth-order valence-corrected chi connectivity index (χ4v) is 3.06. The predicted octanol–water partition coefficient (Wildman–Crippen LogP) is 2.15. The molecule has 10 heteroatoms. The molecule has 28 heavy (non-hydrogen) atoms. The molecule has 2 heterocycles. The van der Waals surface area contributed by atoms with Crippen molar-refractivity contribution in [3.8, 4) is 5.75 Å². The normalized spacial score (nSPS) is 13.8. The minimum atomic E-state index is -4.77. The van der Waals surface area contributed by atoms with Crippen molar-refractivity contribution in [3.05, 3.63) is 47.0 Å². The Hall–Kier alpha value is -3.04. The largest absolute Gasteiger partial charge is 0.573 e. The Kier molecular flexibility index (Phi) is 5.30. The molecule has 0 radical (unpaired) electrons. The van der Waals surface area contributed by atoms with E-state index in [1.54, 1.807) is 4.90 Å². The van der Waals surface area contributed by atoms with Gasteiger partial charge in [0.25, 0.3) is 5.91 Å². The highest BCUT2D eigenvalue weighted by Crippen LogP contribution is 2.25. The number of nitrogens with zero attached hydrogens (tertiary/aromatic N) is 3. The summed E-state index contributed by atoms with van der Waals surface area (Å²) >= 11 is 0. The van der Waals surface area contributed by atoms with Crippen LogP contribution in [0.3, 0.4) is 0 Å². The van der Waals surface area contributed by atoms with Gasteiger partial charge >= 0.3 is 6.36 Å². The van der Waals surface area contributed by atoms with E-state index in [9.17, 15) is 22.8 Å². The summed E-state index contributed by atoms with van der Waals surface area (Å²) < 4.78 is 42.4. The zero-order valence-electron chi connectivity index (χ0n) is 15.3. The first-order valence-electron chi connectivity index (χ1n) is 8.57. The number of fused-ring (bicyclic) bond motifs is 1. The van der Waals surface area contributed by atoms with E-state index in [0.29, 0.717) is 31.9 Å². The molecule has 0 atom stereocenters. The summed E-state index contributed by atoms with van der Waals surface area (Å²) in [4.78, 5) is 30.0. The summed E-state index contributed by atoms with van der Waals surface area (Å²) in [5, 5.41) is 2.70. The van der Waals surface area contributed by atoms with E-state index in [2.05, 4.69) is 15.0 Å². The van der Waals surface area contributed by atoms with Gasteiger partial charge in [-0.25, -0.2) is 4.98 Å². The molecular weight excluding hydrogens is 377 g/mol. The van der Waals surface area contributed by atoms with Gasteiger partial charge in [0.2, 0.25) is 5.91 Å². The van der Waals surface area contributed by atoms with Crippen LogP contribution < -0.4 is 10.1 Å². The lowest BCUT2D eigenvalue weighted by Crippen LogP contribution is -2.36. The molecule has 0 spiro atoms. The third kappa shape index (κ3) is 4.44. The molecule has 3 rings (SSSR count). The standard InChI is InChI=1S/C18H19F3N4O3/c1-11(26)22-9-16-23-14-7-8-25(10-15(14)24(16)2)17(27)12-3-5-13(6-4-12)28-18(19,20)21/h3-6H,7-10H2,1-2H3,(H,22,26). The topological polar surface area (TPSA) is 76.5 Å². The monoisotopic (exact) mass is 396 g/mol. The second-order valence-corrected chi connectivity index (χ2v) is 6.44. The lowest BCUT2D eigenvalue weighted by atomic mass is 10.1. The molecule has 0 unspecified atom stereocenters. The maximum absolute atomic E-state index is 12.7. The highest BCUT2D eigenvalue weighted by Gasteiger charge is 2.31. The third-order valence-corrected chi connectivity index (χ3v) is 4.47. The van der Waals surface area contributed by atoms with E-state index in [1.165, 1.54) is 19.1 Å². The number of ether oxygens (including phenoxy) is 1. The van der Waals surface area contributed by atoms with Crippen LogP contribution in [0.5, 0.6) is 5.75 Å². The number of benzene rings is 1. The summed E-state index contributed by atoms with van der Waals surface area (Å²) in [6.07, 6.45) is -4.21. The number of carbonyl (C=O) groups is 2. The molecule has 2 amide bonds. The number of rotatable bonds is 4. The van der Waals surface area contributed by atoms with Crippen LogP contribution in [-0.4, -0.2) is 39.2 Å². The molecule has 150 valence electrons. The Labute approximate surface area is 159 Å². The van der Waals surface area contributed by atoms with Gasteiger partial charge in [0.15, 0.2) is 0 Å². The molecule has 0 fully saturated rings. The van der Waals surface area contributed by atoms with Gasteiger partial charge in [-0.05, 0) is 24.3 Å². The Bertz CT molecular complexity index is 891. The zero-order valence-corrected chi connectivity index (χ0v) is 15.3. The van der Waals surface area contributed by atoms with Gasteiger partial charge < -0.3 is 19.5 Å². The first-order valence-corrected chi connectivity index (χ1v) is 8.57. The second kappa shape index (κ2) is 7.53. The Morgan fingerprint density at radius 3 is 2.54 bits per heavy atom. The molecular formula is C18H19F3N4O3. The second-order valence-electron chi connectivity index (χ2n) is 6.44. The fourth-order valence-electron chi connectivity index (χ4n) is 3.06. The number of aromatic nitrogens is 2. The maximum Gasteiger partial charge on any atom is 0.573 e. The highest BCUT2D eigenvalue weighted by molar-refractivity contribution is 5.94. The Morgan fingerprint density at radius 1 is 1.25 bits per heavy atom. The van der Waals surface area contributed by atoms with Crippen LogP contribution in [0.2, 0.25) is 0 Å². The SMILES string of the molecule is CC(=O)NCc1nc2c(n1C)CN(C(=O)c1ccc(OC(F)(F)F)cc1)CC2. The van der Waals surface area contributed by atoms with E-state index in [4.69, 9.17) is 0 Å². The molecule has 0 aliphatic carbocycles. The van der Waals surface area contributed by atoms with Crippen molar-refractivity contribution < 1.29 is 27.5 Å². The molecule has 1 aromatic heterocycles. The van der Waals surface area contributed by atoms with E-state index < -0.39 is 6.36 Å². The van der Waals surface area contributed by atoms with Gasteiger partial charge in [-0.2, -0.15) is 0 Å². The van der Waals surface area contributed by atoms with Crippen LogP contribution >= 0.6 is 0 Å². The van der Waals surface area contributed by atoms with Crippen LogP contribution in [0.1, 0.15) is 34.5 Å². The van der Waals surface area contributed by atoms with Gasteiger partial charge in [0.1, 0.15) is 11.6 Å². The summed E-state index contributed by atoms with van der Waals surface area (Å²) in [5.41, 5.74) is 2.02. The average molecular weight is 396 g/mol. The molecule has 1 aliphatic rings. The molecule has 2 aromatic rings. The minimum Gasteiger partial charge on any atom is -0.406 e. The molecule has 0 saturated heterocycles. The Morgan fingerprint density at radius 2 is 1.93 bits per heavy atom. The molecule has 1 aliphatic heterocycles. The van der Waals surface area contributed by atoms with E-state index in [0.717, 1.165) is 23.5 Å². The lowest BCUT2D eigenvalue weighted by Gasteiger charge is -2.27. The van der Waals surface area contributed by atoms with Gasteiger partial charge in [0, 0.05) is 32.5 Å². The van der Waals surface area contributed by atoms with Gasteiger partial charge in [-0.15, -0.1) is 13.2 Å². The number of halogens is 3. The molecule has 1 aromatic carbocycles. The summed E-state index contributed by atoms with van der Waals surface area (Å²) in [6.45, 7) is 2.50. The quantitative estimate of drug-likeness (QED) is 0.859. The number of imidazole rings is 1. The number of amides is 2. The van der Waals surface area contributed by atoms with Gasteiger partial charge in [-0.3, -0.25) is 9.59 Å². The number of carbonyl (C=O) groups excluding carboxylic acids is 2. The van der Waals surface area contributed by atoms with Crippen molar-refractivity contribution in [1.82, 2.24) is 19.8 Å². The van der Waals surface area contributed by atoms with Crippen molar-refractivity contribution in [2.75, 3.05) is 6.54 Å². The summed E-state index contributed by atoms with van der Waals surface area (Å²) in [5.74, 6) is -0.119. The van der Waals surface area contributed by atoms with Crippen molar-refractivity contribution >= 4 is 11.8 Å².